The Labute approximate surface area is 177 Å². The van der Waals surface area contributed by atoms with Crippen LogP contribution in [0, 0.1) is 0 Å². The molecule has 30 heavy (non-hydrogen) atoms. The largest absolute Gasteiger partial charge is 0.479 e. The van der Waals surface area contributed by atoms with E-state index in [1.807, 2.05) is 30.3 Å². The number of amides is 2. The smallest absolute Gasteiger partial charge is 0.276 e. The van der Waals surface area contributed by atoms with Crippen LogP contribution in [-0.4, -0.2) is 27.9 Å². The predicted octanol–water partition coefficient (Wildman–Crippen LogP) is 3.71. The summed E-state index contributed by atoms with van der Waals surface area (Å²) in [6.45, 7) is 2.17. The predicted molar refractivity (Wildman–Crippen MR) is 114 cm³/mol. The molecule has 0 fully saturated rings. The van der Waals surface area contributed by atoms with E-state index in [0.717, 1.165) is 5.56 Å². The van der Waals surface area contributed by atoms with Gasteiger partial charge in [0, 0.05) is 12.2 Å². The average Bonchev–Trinajstić information content (AvgIpc) is 2.75. The Morgan fingerprint density at radius 3 is 2.83 bits per heavy atom. The highest BCUT2D eigenvalue weighted by molar-refractivity contribution is 6.34. The molecule has 9 heteroatoms. The molecule has 0 unspecified atom stereocenters. The molecule has 0 spiro atoms. The molecule has 0 saturated heterocycles. The van der Waals surface area contributed by atoms with Gasteiger partial charge in [0.05, 0.1) is 16.9 Å². The van der Waals surface area contributed by atoms with Crippen LogP contribution in [0.1, 0.15) is 23.0 Å². The molecule has 1 aliphatic rings. The summed E-state index contributed by atoms with van der Waals surface area (Å²) in [7, 11) is 0. The van der Waals surface area contributed by atoms with E-state index in [2.05, 4.69) is 25.9 Å². The first-order chi connectivity index (χ1) is 14.5. The average molecular weight is 424 g/mol. The van der Waals surface area contributed by atoms with Gasteiger partial charge in [-0.05, 0) is 30.7 Å². The Morgan fingerprint density at radius 2 is 2.03 bits per heavy atom. The number of hydrogen-bond donors (Lipinski definition) is 3. The number of aromatic nitrogens is 2. The Bertz CT molecular complexity index is 1110. The van der Waals surface area contributed by atoms with Crippen molar-refractivity contribution in [3.8, 4) is 5.75 Å². The van der Waals surface area contributed by atoms with E-state index in [9.17, 15) is 9.59 Å². The van der Waals surface area contributed by atoms with Gasteiger partial charge in [-0.25, -0.2) is 9.97 Å². The zero-order chi connectivity index (χ0) is 21.1. The van der Waals surface area contributed by atoms with Gasteiger partial charge in [-0.15, -0.1) is 0 Å². The third kappa shape index (κ3) is 4.33. The molecule has 0 saturated carbocycles. The standard InChI is InChI=1S/C21H18ClN5O3/c1-12-19(28)26-16-9-14(7-8-17(16)30-12)25-20(29)18-15(22)11-24-21(27-18)23-10-13-5-3-2-4-6-13/h2-9,11-12H,10H2,1H3,(H,25,29)(H,26,28)(H,23,24,27)/t12-/m0/s1. The van der Waals surface area contributed by atoms with Gasteiger partial charge in [0.25, 0.3) is 11.8 Å². The van der Waals surface area contributed by atoms with Gasteiger partial charge >= 0.3 is 0 Å². The van der Waals surface area contributed by atoms with Crippen LogP contribution >= 0.6 is 11.6 Å². The molecule has 2 amide bonds. The summed E-state index contributed by atoms with van der Waals surface area (Å²) in [6, 6.07) is 14.7. The van der Waals surface area contributed by atoms with E-state index in [0.29, 0.717) is 23.7 Å². The van der Waals surface area contributed by atoms with Crippen molar-refractivity contribution in [1.29, 1.82) is 0 Å². The SMILES string of the molecule is C[C@@H]1Oc2ccc(NC(=O)c3nc(NCc4ccccc4)ncc3Cl)cc2NC1=O. The number of nitrogens with zero attached hydrogens (tertiary/aromatic N) is 2. The number of rotatable bonds is 5. The normalized spacial score (nSPS) is 14.9. The molecule has 3 aromatic rings. The van der Waals surface area contributed by atoms with Crippen molar-refractivity contribution in [2.24, 2.45) is 0 Å². The maximum absolute atomic E-state index is 12.7. The van der Waals surface area contributed by atoms with E-state index in [1.165, 1.54) is 6.20 Å². The van der Waals surface area contributed by atoms with Crippen molar-refractivity contribution in [3.05, 3.63) is 71.0 Å². The highest BCUT2D eigenvalue weighted by Gasteiger charge is 2.24. The van der Waals surface area contributed by atoms with Gasteiger partial charge in [-0.1, -0.05) is 41.9 Å². The van der Waals surface area contributed by atoms with Crippen LogP contribution in [0.15, 0.2) is 54.7 Å². The Hall–Kier alpha value is -3.65. The fourth-order valence-electron chi connectivity index (χ4n) is 2.87. The summed E-state index contributed by atoms with van der Waals surface area (Å²) in [6.07, 6.45) is 0.804. The van der Waals surface area contributed by atoms with Crippen LogP contribution in [0.25, 0.3) is 0 Å². The van der Waals surface area contributed by atoms with Crippen LogP contribution in [0.3, 0.4) is 0 Å². The molecule has 2 heterocycles. The van der Waals surface area contributed by atoms with Gasteiger partial charge in [-0.3, -0.25) is 9.59 Å². The van der Waals surface area contributed by atoms with E-state index in [-0.39, 0.29) is 22.6 Å². The maximum Gasteiger partial charge on any atom is 0.276 e. The van der Waals surface area contributed by atoms with Crippen LogP contribution in [0.5, 0.6) is 5.75 Å². The van der Waals surface area contributed by atoms with Crippen molar-refractivity contribution in [1.82, 2.24) is 9.97 Å². The molecular weight excluding hydrogens is 406 g/mol. The van der Waals surface area contributed by atoms with Crippen LogP contribution in [0.2, 0.25) is 5.02 Å². The van der Waals surface area contributed by atoms with E-state index >= 15 is 0 Å². The molecule has 1 aliphatic heterocycles. The van der Waals surface area contributed by atoms with E-state index < -0.39 is 12.0 Å². The summed E-state index contributed by atoms with van der Waals surface area (Å²) in [4.78, 5) is 32.9. The number of carbonyl (C=O) groups is 2. The molecule has 3 N–H and O–H groups in total. The second kappa shape index (κ2) is 8.38. The third-order valence-corrected chi connectivity index (χ3v) is 4.70. The Morgan fingerprint density at radius 1 is 1.23 bits per heavy atom. The van der Waals surface area contributed by atoms with Gasteiger partial charge < -0.3 is 20.7 Å². The number of carbonyl (C=O) groups excluding carboxylic acids is 2. The number of hydrogen-bond acceptors (Lipinski definition) is 6. The fourth-order valence-corrected chi connectivity index (χ4v) is 3.04. The van der Waals surface area contributed by atoms with Gasteiger partial charge in [0.1, 0.15) is 5.75 Å². The summed E-state index contributed by atoms with van der Waals surface area (Å²) in [5.41, 5.74) is 2.03. The van der Waals surface area contributed by atoms with Gasteiger partial charge in [0.15, 0.2) is 11.8 Å². The number of anilines is 3. The molecule has 152 valence electrons. The first-order valence-corrected chi connectivity index (χ1v) is 9.60. The van der Waals surface area contributed by atoms with Gasteiger partial charge in [0.2, 0.25) is 5.95 Å². The lowest BCUT2D eigenvalue weighted by Gasteiger charge is -2.23. The lowest BCUT2D eigenvalue weighted by Crippen LogP contribution is -2.34. The number of ether oxygens (including phenoxy) is 1. The topological polar surface area (TPSA) is 105 Å². The molecule has 2 aromatic carbocycles. The molecule has 4 rings (SSSR count). The minimum Gasteiger partial charge on any atom is -0.479 e. The number of halogens is 1. The summed E-state index contributed by atoms with van der Waals surface area (Å²) in [5, 5.41) is 8.67. The Balaban J connectivity index is 1.48. The highest BCUT2D eigenvalue weighted by atomic mass is 35.5. The van der Waals surface area contributed by atoms with Crippen LogP contribution in [-0.2, 0) is 11.3 Å². The lowest BCUT2D eigenvalue weighted by atomic mass is 10.2. The highest BCUT2D eigenvalue weighted by Crippen LogP contribution is 2.32. The Kier molecular flexibility index (Phi) is 5.49. The number of benzene rings is 2. The van der Waals surface area contributed by atoms with Crippen LogP contribution in [0.4, 0.5) is 17.3 Å². The molecule has 1 atom stereocenters. The quantitative estimate of drug-likeness (QED) is 0.577. The van der Waals surface area contributed by atoms with Crippen molar-refractivity contribution >= 4 is 40.7 Å². The molecule has 0 bridgehead atoms. The van der Waals surface area contributed by atoms with Crippen molar-refractivity contribution in [2.45, 2.75) is 19.6 Å². The molecule has 0 aliphatic carbocycles. The monoisotopic (exact) mass is 423 g/mol. The number of fused-ring (bicyclic) bond motifs is 1. The number of nitrogens with one attached hydrogen (secondary N) is 3. The molecule has 0 radical (unpaired) electrons. The first kappa shape index (κ1) is 19.7. The lowest BCUT2D eigenvalue weighted by molar-refractivity contribution is -0.122. The summed E-state index contributed by atoms with van der Waals surface area (Å²) < 4.78 is 5.51. The third-order valence-electron chi connectivity index (χ3n) is 4.42. The molecular formula is C21H18ClN5O3. The van der Waals surface area contributed by atoms with E-state index in [4.69, 9.17) is 16.3 Å². The first-order valence-electron chi connectivity index (χ1n) is 9.23. The van der Waals surface area contributed by atoms with Crippen LogP contribution < -0.4 is 20.7 Å². The zero-order valence-electron chi connectivity index (χ0n) is 16.0. The zero-order valence-corrected chi connectivity index (χ0v) is 16.7. The molecule has 8 nitrogen and oxygen atoms in total. The minimum absolute atomic E-state index is 0.0360. The second-order valence-corrected chi connectivity index (χ2v) is 7.05. The van der Waals surface area contributed by atoms with Crippen molar-refractivity contribution < 1.29 is 14.3 Å². The van der Waals surface area contributed by atoms with E-state index in [1.54, 1.807) is 25.1 Å². The second-order valence-electron chi connectivity index (χ2n) is 6.64. The fraction of sp³-hybridized carbons (Fsp3) is 0.143. The summed E-state index contributed by atoms with van der Waals surface area (Å²) in [5.74, 6) is 0.0709. The van der Waals surface area contributed by atoms with Crippen molar-refractivity contribution in [2.75, 3.05) is 16.0 Å². The molecule has 1 aromatic heterocycles. The van der Waals surface area contributed by atoms with Crippen molar-refractivity contribution in [3.63, 3.8) is 0 Å². The summed E-state index contributed by atoms with van der Waals surface area (Å²) >= 11 is 6.13. The van der Waals surface area contributed by atoms with Gasteiger partial charge in [-0.2, -0.15) is 0 Å². The minimum atomic E-state index is -0.570. The maximum atomic E-state index is 12.7.